The second-order valence-electron chi connectivity index (χ2n) is 5.22. The van der Waals surface area contributed by atoms with E-state index >= 15 is 0 Å². The van der Waals surface area contributed by atoms with Crippen molar-refractivity contribution in [2.45, 2.75) is 13.5 Å². The average molecular weight is 305 g/mol. The van der Waals surface area contributed by atoms with Crippen molar-refractivity contribution >= 4 is 23.0 Å². The number of halogens is 1. The predicted molar refractivity (Wildman–Crippen MR) is 90.8 cm³/mol. The van der Waals surface area contributed by atoms with Gasteiger partial charge in [-0.2, -0.15) is 0 Å². The van der Waals surface area contributed by atoms with E-state index in [0.717, 1.165) is 17.8 Å². The van der Waals surface area contributed by atoms with Crippen molar-refractivity contribution in [2.75, 3.05) is 31.4 Å². The summed E-state index contributed by atoms with van der Waals surface area (Å²) in [6.45, 7) is 2.84. The molecule has 0 bridgehead atoms. The molecule has 0 saturated carbocycles. The smallest absolute Gasteiger partial charge is 0.137 e. The van der Waals surface area contributed by atoms with E-state index in [0.29, 0.717) is 10.8 Å². The molecule has 0 amide bonds. The predicted octanol–water partition coefficient (Wildman–Crippen LogP) is 4.34. The van der Waals surface area contributed by atoms with Gasteiger partial charge in [-0.05, 0) is 42.3 Å². The van der Waals surface area contributed by atoms with Gasteiger partial charge in [0.05, 0.1) is 12.1 Å². The SMILES string of the molecule is COc1ccc(CNc2ccc(C)c(N(C)C)c2)cc1Cl. The first-order chi connectivity index (χ1) is 10.0. The molecule has 0 aliphatic carbocycles. The van der Waals surface area contributed by atoms with E-state index in [1.165, 1.54) is 11.3 Å². The van der Waals surface area contributed by atoms with Crippen LogP contribution >= 0.6 is 11.6 Å². The van der Waals surface area contributed by atoms with Crippen molar-refractivity contribution < 1.29 is 4.74 Å². The van der Waals surface area contributed by atoms with Gasteiger partial charge in [0, 0.05) is 32.0 Å². The first-order valence-electron chi connectivity index (χ1n) is 6.85. The zero-order chi connectivity index (χ0) is 15.4. The molecule has 0 radical (unpaired) electrons. The van der Waals surface area contributed by atoms with Crippen LogP contribution in [0.1, 0.15) is 11.1 Å². The Balaban J connectivity index is 2.09. The molecule has 0 saturated heterocycles. The molecule has 1 N–H and O–H groups in total. The van der Waals surface area contributed by atoms with Gasteiger partial charge in [-0.25, -0.2) is 0 Å². The quantitative estimate of drug-likeness (QED) is 0.889. The summed E-state index contributed by atoms with van der Waals surface area (Å²) in [5, 5.41) is 4.06. The zero-order valence-electron chi connectivity index (χ0n) is 12.9. The monoisotopic (exact) mass is 304 g/mol. The van der Waals surface area contributed by atoms with Crippen molar-refractivity contribution in [2.24, 2.45) is 0 Å². The number of nitrogens with zero attached hydrogens (tertiary/aromatic N) is 1. The topological polar surface area (TPSA) is 24.5 Å². The zero-order valence-corrected chi connectivity index (χ0v) is 13.7. The largest absolute Gasteiger partial charge is 0.495 e. The highest BCUT2D eigenvalue weighted by Crippen LogP contribution is 2.26. The number of methoxy groups -OCH3 is 1. The molecule has 2 aromatic carbocycles. The minimum absolute atomic E-state index is 0.634. The first kappa shape index (κ1) is 15.5. The summed E-state index contributed by atoms with van der Waals surface area (Å²) in [4.78, 5) is 2.12. The minimum Gasteiger partial charge on any atom is -0.495 e. The Bertz CT molecular complexity index is 626. The maximum Gasteiger partial charge on any atom is 0.137 e. The van der Waals surface area contributed by atoms with Crippen LogP contribution in [-0.2, 0) is 6.54 Å². The Morgan fingerprint density at radius 1 is 1.14 bits per heavy atom. The number of nitrogens with one attached hydrogen (secondary N) is 1. The van der Waals surface area contributed by atoms with E-state index in [4.69, 9.17) is 16.3 Å². The number of benzene rings is 2. The third-order valence-corrected chi connectivity index (χ3v) is 3.70. The van der Waals surface area contributed by atoms with Gasteiger partial charge >= 0.3 is 0 Å². The highest BCUT2D eigenvalue weighted by atomic mass is 35.5. The molecule has 112 valence electrons. The molecule has 0 spiro atoms. The van der Waals surface area contributed by atoms with Crippen LogP contribution < -0.4 is 15.0 Å². The van der Waals surface area contributed by atoms with E-state index in [1.807, 2.05) is 18.2 Å². The molecular weight excluding hydrogens is 284 g/mol. The lowest BCUT2D eigenvalue weighted by atomic mass is 10.1. The summed E-state index contributed by atoms with van der Waals surface area (Å²) >= 11 is 6.14. The lowest BCUT2D eigenvalue weighted by molar-refractivity contribution is 0.415. The molecule has 21 heavy (non-hydrogen) atoms. The van der Waals surface area contributed by atoms with Gasteiger partial charge in [0.15, 0.2) is 0 Å². The molecule has 0 aromatic heterocycles. The number of rotatable bonds is 5. The van der Waals surface area contributed by atoms with E-state index in [1.54, 1.807) is 7.11 Å². The number of aryl methyl sites for hydroxylation is 1. The van der Waals surface area contributed by atoms with E-state index in [2.05, 4.69) is 49.4 Å². The van der Waals surface area contributed by atoms with E-state index in [9.17, 15) is 0 Å². The van der Waals surface area contributed by atoms with Crippen LogP contribution in [0, 0.1) is 6.92 Å². The van der Waals surface area contributed by atoms with E-state index in [-0.39, 0.29) is 0 Å². The molecule has 0 atom stereocenters. The number of anilines is 2. The van der Waals surface area contributed by atoms with E-state index < -0.39 is 0 Å². The molecule has 4 heteroatoms. The van der Waals surface area contributed by atoms with Gasteiger partial charge in [0.1, 0.15) is 5.75 Å². The lowest BCUT2D eigenvalue weighted by Gasteiger charge is -2.17. The standard InChI is InChI=1S/C17H21ClN2O/c1-12-5-7-14(10-16(12)20(2)3)19-11-13-6-8-17(21-4)15(18)9-13/h5-10,19H,11H2,1-4H3. The van der Waals surface area contributed by atoms with Gasteiger partial charge in [-0.3, -0.25) is 0 Å². The van der Waals surface area contributed by atoms with Gasteiger partial charge in [0.2, 0.25) is 0 Å². The van der Waals surface area contributed by atoms with Gasteiger partial charge < -0.3 is 15.0 Å². The summed E-state index contributed by atoms with van der Waals surface area (Å²) in [5.41, 5.74) is 4.69. The Kier molecular flexibility index (Phi) is 4.97. The molecule has 0 unspecified atom stereocenters. The Hall–Kier alpha value is -1.87. The second kappa shape index (κ2) is 6.72. The molecule has 0 aliphatic heterocycles. The number of ether oxygens (including phenoxy) is 1. The summed E-state index contributed by atoms with van der Waals surface area (Å²) in [5.74, 6) is 0.700. The normalized spacial score (nSPS) is 10.3. The molecule has 3 nitrogen and oxygen atoms in total. The van der Waals surface area contributed by atoms with Crippen molar-refractivity contribution in [3.8, 4) is 5.75 Å². The Labute approximate surface area is 131 Å². The van der Waals surface area contributed by atoms with Gasteiger partial charge in [0.25, 0.3) is 0 Å². The highest BCUT2D eigenvalue weighted by molar-refractivity contribution is 6.32. The molecule has 0 aliphatic rings. The number of hydrogen-bond donors (Lipinski definition) is 1. The second-order valence-corrected chi connectivity index (χ2v) is 5.63. The molecular formula is C17H21ClN2O. The Morgan fingerprint density at radius 3 is 2.52 bits per heavy atom. The molecule has 0 fully saturated rings. The summed E-state index contributed by atoms with van der Waals surface area (Å²) in [6, 6.07) is 12.2. The van der Waals surface area contributed by atoms with Gasteiger partial charge in [-0.1, -0.05) is 23.7 Å². The number of hydrogen-bond acceptors (Lipinski definition) is 3. The maximum atomic E-state index is 6.14. The van der Waals surface area contributed by atoms with Crippen molar-refractivity contribution in [3.63, 3.8) is 0 Å². The summed E-state index contributed by atoms with van der Waals surface area (Å²) in [7, 11) is 5.72. The average Bonchev–Trinajstić information content (AvgIpc) is 2.46. The fourth-order valence-corrected chi connectivity index (χ4v) is 2.51. The van der Waals surface area contributed by atoms with Gasteiger partial charge in [-0.15, -0.1) is 0 Å². The Morgan fingerprint density at radius 2 is 1.90 bits per heavy atom. The maximum absolute atomic E-state index is 6.14. The lowest BCUT2D eigenvalue weighted by Crippen LogP contribution is -2.11. The summed E-state index contributed by atoms with van der Waals surface area (Å²) < 4.78 is 5.16. The fraction of sp³-hybridized carbons (Fsp3) is 0.294. The summed E-state index contributed by atoms with van der Waals surface area (Å²) in [6.07, 6.45) is 0. The van der Waals surface area contributed by atoms with Crippen molar-refractivity contribution in [1.82, 2.24) is 0 Å². The molecule has 2 aromatic rings. The first-order valence-corrected chi connectivity index (χ1v) is 7.23. The van der Waals surface area contributed by atoms with Crippen LogP contribution in [0.3, 0.4) is 0 Å². The third kappa shape index (κ3) is 3.82. The van der Waals surface area contributed by atoms with Crippen LogP contribution in [0.4, 0.5) is 11.4 Å². The van der Waals surface area contributed by atoms with Crippen LogP contribution in [-0.4, -0.2) is 21.2 Å². The molecule has 2 rings (SSSR count). The fourth-order valence-electron chi connectivity index (χ4n) is 2.23. The van der Waals surface area contributed by atoms with Crippen molar-refractivity contribution in [3.05, 3.63) is 52.5 Å². The van der Waals surface area contributed by atoms with Crippen LogP contribution in [0.25, 0.3) is 0 Å². The van der Waals surface area contributed by atoms with Crippen LogP contribution in [0.15, 0.2) is 36.4 Å². The van der Waals surface area contributed by atoms with Crippen molar-refractivity contribution in [1.29, 1.82) is 0 Å². The third-order valence-electron chi connectivity index (χ3n) is 3.40. The molecule has 0 heterocycles. The van der Waals surface area contributed by atoms with Crippen LogP contribution in [0.2, 0.25) is 5.02 Å². The highest BCUT2D eigenvalue weighted by Gasteiger charge is 2.04. The van der Waals surface area contributed by atoms with Crippen LogP contribution in [0.5, 0.6) is 5.75 Å². The minimum atomic E-state index is 0.634.